The van der Waals surface area contributed by atoms with Gasteiger partial charge in [0, 0.05) is 24.4 Å². The summed E-state index contributed by atoms with van der Waals surface area (Å²) >= 11 is 0. The molecule has 7 heteroatoms. The van der Waals surface area contributed by atoms with Gasteiger partial charge in [-0.15, -0.1) is 0 Å². The number of carbonyl (C=O) groups excluding carboxylic acids is 1. The van der Waals surface area contributed by atoms with E-state index in [9.17, 15) is 13.2 Å². The van der Waals surface area contributed by atoms with Crippen LogP contribution in [0.2, 0.25) is 0 Å². The number of aromatic nitrogens is 1. The van der Waals surface area contributed by atoms with Crippen LogP contribution in [-0.2, 0) is 19.7 Å². The zero-order chi connectivity index (χ0) is 18.3. The Labute approximate surface area is 148 Å². The van der Waals surface area contributed by atoms with E-state index in [1.54, 1.807) is 31.2 Å². The van der Waals surface area contributed by atoms with Crippen molar-refractivity contribution >= 4 is 21.7 Å². The highest BCUT2D eigenvalue weighted by Gasteiger charge is 2.16. The second-order valence-corrected chi connectivity index (χ2v) is 7.49. The highest BCUT2D eigenvalue weighted by Crippen LogP contribution is 2.15. The minimum absolute atomic E-state index is 0.203. The lowest BCUT2D eigenvalue weighted by Crippen LogP contribution is -2.11. The minimum atomic E-state index is -3.64. The Morgan fingerprint density at radius 3 is 2.56 bits per heavy atom. The van der Waals surface area contributed by atoms with Crippen molar-refractivity contribution in [3.05, 3.63) is 54.4 Å². The van der Waals surface area contributed by atoms with E-state index in [1.165, 1.54) is 24.5 Å². The van der Waals surface area contributed by atoms with E-state index in [1.807, 2.05) is 0 Å². The van der Waals surface area contributed by atoms with Crippen molar-refractivity contribution in [2.45, 2.75) is 44.4 Å². The number of rotatable bonds is 8. The van der Waals surface area contributed by atoms with Gasteiger partial charge < -0.3 is 4.84 Å². The van der Waals surface area contributed by atoms with Crippen LogP contribution in [0.1, 0.15) is 45.1 Å². The van der Waals surface area contributed by atoms with Crippen LogP contribution < -0.4 is 0 Å². The highest BCUT2D eigenvalue weighted by molar-refractivity contribution is 7.90. The normalized spacial score (nSPS) is 12.2. The van der Waals surface area contributed by atoms with Crippen molar-refractivity contribution in [1.82, 2.24) is 3.97 Å². The molecule has 0 spiro atoms. The zero-order valence-corrected chi connectivity index (χ0v) is 15.2. The lowest BCUT2D eigenvalue weighted by atomic mass is 10.2. The topological polar surface area (TPSA) is 77.7 Å². The van der Waals surface area contributed by atoms with Gasteiger partial charge >= 0.3 is 5.97 Å². The van der Waals surface area contributed by atoms with Crippen LogP contribution in [0, 0.1) is 0 Å². The van der Waals surface area contributed by atoms with E-state index in [4.69, 9.17) is 4.84 Å². The first-order chi connectivity index (χ1) is 11.9. The lowest BCUT2D eigenvalue weighted by Gasteiger charge is -2.05. The average Bonchev–Trinajstić information content (AvgIpc) is 3.12. The molecule has 0 saturated carbocycles. The summed E-state index contributed by atoms with van der Waals surface area (Å²) < 4.78 is 26.2. The van der Waals surface area contributed by atoms with E-state index in [0.29, 0.717) is 17.7 Å². The molecule has 0 aliphatic heterocycles. The molecule has 0 fully saturated rings. The Hall–Kier alpha value is -2.41. The maximum Gasteiger partial charge on any atom is 0.335 e. The second kappa shape index (κ2) is 8.62. The lowest BCUT2D eigenvalue weighted by molar-refractivity contribution is -0.143. The van der Waals surface area contributed by atoms with Crippen molar-refractivity contribution in [2.24, 2.45) is 5.16 Å². The molecule has 0 atom stereocenters. The number of nitrogens with zero attached hydrogens (tertiary/aromatic N) is 2. The minimum Gasteiger partial charge on any atom is -0.318 e. The molecule has 0 radical (unpaired) electrons. The summed E-state index contributed by atoms with van der Waals surface area (Å²) in [6.45, 7) is 3.72. The van der Waals surface area contributed by atoms with Gasteiger partial charge in [0.1, 0.15) is 0 Å². The number of hydrogen-bond donors (Lipinski definition) is 0. The van der Waals surface area contributed by atoms with Crippen LogP contribution in [0.25, 0.3) is 0 Å². The highest BCUT2D eigenvalue weighted by atomic mass is 32.2. The zero-order valence-electron chi connectivity index (χ0n) is 14.4. The molecule has 1 aromatic carbocycles. The van der Waals surface area contributed by atoms with E-state index in [2.05, 4.69) is 12.1 Å². The molecule has 6 nitrogen and oxygen atoms in total. The van der Waals surface area contributed by atoms with Crippen molar-refractivity contribution in [3.8, 4) is 0 Å². The molecule has 0 saturated heterocycles. The number of oxime groups is 1. The van der Waals surface area contributed by atoms with Crippen molar-refractivity contribution < 1.29 is 18.0 Å². The molecule has 0 amide bonds. The smallest absolute Gasteiger partial charge is 0.318 e. The Morgan fingerprint density at radius 2 is 1.88 bits per heavy atom. The predicted molar refractivity (Wildman–Crippen MR) is 95.9 cm³/mol. The largest absolute Gasteiger partial charge is 0.335 e. The first-order valence-corrected chi connectivity index (χ1v) is 9.62. The third-order valence-electron chi connectivity index (χ3n) is 3.67. The van der Waals surface area contributed by atoms with Gasteiger partial charge in [-0.2, -0.15) is 0 Å². The van der Waals surface area contributed by atoms with Gasteiger partial charge in [-0.05, 0) is 31.5 Å². The fraction of sp³-hybridized carbons (Fsp3) is 0.333. The molecule has 0 aliphatic carbocycles. The third-order valence-corrected chi connectivity index (χ3v) is 5.32. The molecular weight excluding hydrogens is 340 g/mol. The van der Waals surface area contributed by atoms with E-state index in [0.717, 1.165) is 23.2 Å². The number of unbranched alkanes of at least 4 members (excludes halogenated alkanes) is 2. The summed E-state index contributed by atoms with van der Waals surface area (Å²) in [4.78, 5) is 16.7. The Morgan fingerprint density at radius 1 is 1.16 bits per heavy atom. The molecule has 0 aliphatic rings. The monoisotopic (exact) mass is 362 g/mol. The summed E-state index contributed by atoms with van der Waals surface area (Å²) in [5.74, 6) is -0.385. The van der Waals surface area contributed by atoms with Gasteiger partial charge in [-0.25, -0.2) is 17.2 Å². The molecule has 1 aromatic heterocycles. The molecule has 0 N–H and O–H groups in total. The first-order valence-electron chi connectivity index (χ1n) is 8.18. The quantitative estimate of drug-likeness (QED) is 0.311. The summed E-state index contributed by atoms with van der Waals surface area (Å²) in [7, 11) is -3.64. The number of hydrogen-bond acceptors (Lipinski definition) is 5. The van der Waals surface area contributed by atoms with E-state index in [-0.39, 0.29) is 10.9 Å². The van der Waals surface area contributed by atoms with Crippen molar-refractivity contribution in [1.29, 1.82) is 0 Å². The van der Waals surface area contributed by atoms with Crippen molar-refractivity contribution in [2.75, 3.05) is 0 Å². The Kier molecular flexibility index (Phi) is 6.52. The molecular formula is C18H22N2O4S. The van der Waals surface area contributed by atoms with Gasteiger partial charge in [0.15, 0.2) is 0 Å². The fourth-order valence-electron chi connectivity index (χ4n) is 2.19. The third kappa shape index (κ3) is 5.03. The Balaban J connectivity index is 2.07. The van der Waals surface area contributed by atoms with Gasteiger partial charge in [-0.3, -0.25) is 0 Å². The van der Waals surface area contributed by atoms with Crippen LogP contribution in [0.15, 0.2) is 58.8 Å². The molecule has 1 heterocycles. The molecule has 2 aromatic rings. The van der Waals surface area contributed by atoms with Crippen LogP contribution in [0.5, 0.6) is 0 Å². The van der Waals surface area contributed by atoms with Crippen LogP contribution in [0.3, 0.4) is 0 Å². The fourth-order valence-corrected chi connectivity index (χ4v) is 3.41. The SMILES string of the molecule is CCCCCC(=O)O/N=C(\C)c1ccn(S(=O)(=O)c2ccccc2)c1. The summed E-state index contributed by atoms with van der Waals surface area (Å²) in [6, 6.07) is 9.78. The maximum atomic E-state index is 12.5. The summed E-state index contributed by atoms with van der Waals surface area (Å²) in [6.07, 6.45) is 5.99. The molecule has 134 valence electrons. The van der Waals surface area contributed by atoms with E-state index >= 15 is 0 Å². The average molecular weight is 362 g/mol. The standard InChI is InChI=1S/C18H22N2O4S/c1-3-4-6-11-18(21)24-19-15(2)16-12-13-20(14-16)25(22,23)17-9-7-5-8-10-17/h5,7-10,12-14H,3-4,6,11H2,1-2H3/b19-15+. The van der Waals surface area contributed by atoms with Gasteiger partial charge in [0.2, 0.25) is 0 Å². The van der Waals surface area contributed by atoms with Gasteiger partial charge in [0.05, 0.1) is 10.6 Å². The maximum absolute atomic E-state index is 12.5. The van der Waals surface area contributed by atoms with Gasteiger partial charge in [0.25, 0.3) is 10.0 Å². The summed E-state index contributed by atoms with van der Waals surface area (Å²) in [5, 5.41) is 3.80. The first kappa shape index (κ1) is 18.9. The van der Waals surface area contributed by atoms with E-state index < -0.39 is 10.0 Å². The molecule has 0 bridgehead atoms. The van der Waals surface area contributed by atoms with Crippen LogP contribution in [-0.4, -0.2) is 24.1 Å². The second-order valence-electron chi connectivity index (χ2n) is 5.65. The number of benzene rings is 1. The van der Waals surface area contributed by atoms with Crippen LogP contribution in [0.4, 0.5) is 0 Å². The van der Waals surface area contributed by atoms with Gasteiger partial charge in [-0.1, -0.05) is 43.1 Å². The summed E-state index contributed by atoms with van der Waals surface area (Å²) in [5.41, 5.74) is 1.01. The van der Waals surface area contributed by atoms with Crippen molar-refractivity contribution in [3.63, 3.8) is 0 Å². The molecule has 0 unspecified atom stereocenters. The number of carbonyl (C=O) groups is 1. The van der Waals surface area contributed by atoms with Crippen LogP contribution >= 0.6 is 0 Å². The molecule has 2 rings (SSSR count). The predicted octanol–water partition coefficient (Wildman–Crippen LogP) is 3.57. The Bertz CT molecular complexity index is 839. The molecule has 25 heavy (non-hydrogen) atoms.